The lowest BCUT2D eigenvalue weighted by molar-refractivity contribution is 0.976. The third-order valence-corrected chi connectivity index (χ3v) is 2.52. The summed E-state index contributed by atoms with van der Waals surface area (Å²) >= 11 is 0. The minimum Gasteiger partial charge on any atom is -0.387 e. The Morgan fingerprint density at radius 3 is 3.20 bits per heavy atom. The van der Waals surface area contributed by atoms with Crippen molar-refractivity contribution in [2.24, 2.45) is 0 Å². The Hall–Kier alpha value is -2.03. The van der Waals surface area contributed by atoms with Crippen LogP contribution in [0.4, 0.5) is 0 Å². The van der Waals surface area contributed by atoms with Crippen molar-refractivity contribution in [2.75, 3.05) is 6.54 Å². The normalized spacial score (nSPS) is 15.1. The molecule has 0 bridgehead atoms. The van der Waals surface area contributed by atoms with Gasteiger partial charge in [-0.2, -0.15) is 0 Å². The third kappa shape index (κ3) is 1.42. The molecule has 0 saturated carbocycles. The van der Waals surface area contributed by atoms with Crippen molar-refractivity contribution in [1.29, 1.82) is 0 Å². The zero-order valence-corrected chi connectivity index (χ0v) is 8.20. The SMILES string of the molecule is C1=CC(c2cnc3[nH]ccc3c2)=CNC1. The predicted molar refractivity (Wildman–Crippen MR) is 61.2 cm³/mol. The summed E-state index contributed by atoms with van der Waals surface area (Å²) in [5.41, 5.74) is 3.26. The van der Waals surface area contributed by atoms with E-state index >= 15 is 0 Å². The molecule has 0 radical (unpaired) electrons. The van der Waals surface area contributed by atoms with Crippen LogP contribution in [0.25, 0.3) is 16.6 Å². The van der Waals surface area contributed by atoms with Crippen molar-refractivity contribution in [3.8, 4) is 0 Å². The molecule has 1 aliphatic heterocycles. The van der Waals surface area contributed by atoms with E-state index < -0.39 is 0 Å². The molecule has 0 saturated heterocycles. The summed E-state index contributed by atoms with van der Waals surface area (Å²) in [6, 6.07) is 4.17. The van der Waals surface area contributed by atoms with Gasteiger partial charge in [-0.25, -0.2) is 4.98 Å². The molecule has 0 aromatic carbocycles. The average Bonchev–Trinajstić information content (AvgIpc) is 2.77. The Bertz CT molecular complexity index is 549. The summed E-state index contributed by atoms with van der Waals surface area (Å²) in [6.07, 6.45) is 10.0. The Labute approximate surface area is 87.5 Å². The second-order valence-corrected chi connectivity index (χ2v) is 3.55. The molecular formula is C12H11N3. The zero-order valence-electron chi connectivity index (χ0n) is 8.20. The molecule has 0 amide bonds. The molecule has 15 heavy (non-hydrogen) atoms. The van der Waals surface area contributed by atoms with Crippen molar-refractivity contribution in [1.82, 2.24) is 15.3 Å². The van der Waals surface area contributed by atoms with Gasteiger partial charge < -0.3 is 10.3 Å². The Morgan fingerprint density at radius 1 is 1.33 bits per heavy atom. The number of fused-ring (bicyclic) bond motifs is 1. The second-order valence-electron chi connectivity index (χ2n) is 3.55. The van der Waals surface area contributed by atoms with Crippen LogP contribution in [0.1, 0.15) is 5.56 Å². The monoisotopic (exact) mass is 197 g/mol. The molecule has 3 nitrogen and oxygen atoms in total. The highest BCUT2D eigenvalue weighted by atomic mass is 14.8. The van der Waals surface area contributed by atoms with Gasteiger partial charge in [0.1, 0.15) is 5.65 Å². The molecule has 2 N–H and O–H groups in total. The number of dihydropyridines is 1. The lowest BCUT2D eigenvalue weighted by Crippen LogP contribution is -2.08. The number of hydrogen-bond acceptors (Lipinski definition) is 2. The van der Waals surface area contributed by atoms with Crippen LogP contribution in [0.15, 0.2) is 42.9 Å². The minimum absolute atomic E-state index is 0.906. The van der Waals surface area contributed by atoms with Gasteiger partial charge in [0.25, 0.3) is 0 Å². The predicted octanol–water partition coefficient (Wildman–Crippen LogP) is 2.06. The first-order valence-corrected chi connectivity index (χ1v) is 4.97. The summed E-state index contributed by atoms with van der Waals surface area (Å²) in [4.78, 5) is 7.44. The molecule has 2 aromatic rings. The lowest BCUT2D eigenvalue weighted by Gasteiger charge is -2.08. The van der Waals surface area contributed by atoms with E-state index in [-0.39, 0.29) is 0 Å². The van der Waals surface area contributed by atoms with Crippen LogP contribution in [0, 0.1) is 0 Å². The third-order valence-electron chi connectivity index (χ3n) is 2.52. The molecule has 3 heterocycles. The van der Waals surface area contributed by atoms with Gasteiger partial charge in [0.15, 0.2) is 0 Å². The van der Waals surface area contributed by atoms with Gasteiger partial charge in [-0.05, 0) is 17.7 Å². The molecule has 0 unspecified atom stereocenters. The number of nitrogens with zero attached hydrogens (tertiary/aromatic N) is 1. The summed E-state index contributed by atoms with van der Waals surface area (Å²) in [7, 11) is 0. The van der Waals surface area contributed by atoms with Gasteiger partial charge in [-0.1, -0.05) is 12.2 Å². The molecule has 2 aromatic heterocycles. The molecular weight excluding hydrogens is 186 g/mol. The van der Waals surface area contributed by atoms with Gasteiger partial charge in [0.2, 0.25) is 0 Å². The van der Waals surface area contributed by atoms with E-state index in [1.165, 1.54) is 5.57 Å². The maximum absolute atomic E-state index is 4.36. The number of nitrogens with one attached hydrogen (secondary N) is 2. The van der Waals surface area contributed by atoms with E-state index in [4.69, 9.17) is 0 Å². The van der Waals surface area contributed by atoms with E-state index in [1.54, 1.807) is 0 Å². The fraction of sp³-hybridized carbons (Fsp3) is 0.0833. The molecule has 0 spiro atoms. The second kappa shape index (κ2) is 3.28. The first kappa shape index (κ1) is 8.29. The number of pyridine rings is 1. The maximum Gasteiger partial charge on any atom is 0.137 e. The number of aromatic amines is 1. The average molecular weight is 197 g/mol. The van der Waals surface area contributed by atoms with Crippen LogP contribution < -0.4 is 5.32 Å². The largest absolute Gasteiger partial charge is 0.387 e. The lowest BCUT2D eigenvalue weighted by atomic mass is 10.1. The Kier molecular flexibility index (Phi) is 1.81. The number of allylic oxidation sites excluding steroid dienone is 2. The Balaban J connectivity index is 2.10. The Morgan fingerprint density at radius 2 is 2.33 bits per heavy atom. The van der Waals surface area contributed by atoms with E-state index in [9.17, 15) is 0 Å². The topological polar surface area (TPSA) is 40.7 Å². The van der Waals surface area contributed by atoms with Crippen LogP contribution >= 0.6 is 0 Å². The van der Waals surface area contributed by atoms with Crippen LogP contribution in [0.3, 0.4) is 0 Å². The first-order valence-electron chi connectivity index (χ1n) is 4.97. The van der Waals surface area contributed by atoms with Gasteiger partial charge in [-0.15, -0.1) is 0 Å². The molecule has 74 valence electrons. The van der Waals surface area contributed by atoms with Gasteiger partial charge in [0.05, 0.1) is 0 Å². The number of rotatable bonds is 1. The van der Waals surface area contributed by atoms with E-state index in [0.717, 1.165) is 23.1 Å². The molecule has 0 fully saturated rings. The van der Waals surface area contributed by atoms with E-state index in [1.807, 2.05) is 24.7 Å². The quantitative estimate of drug-likeness (QED) is 0.734. The molecule has 0 aliphatic carbocycles. The zero-order chi connectivity index (χ0) is 10.1. The van der Waals surface area contributed by atoms with Crippen LogP contribution in [0.2, 0.25) is 0 Å². The number of aromatic nitrogens is 2. The molecule has 3 rings (SSSR count). The van der Waals surface area contributed by atoms with Crippen molar-refractivity contribution in [2.45, 2.75) is 0 Å². The van der Waals surface area contributed by atoms with E-state index in [0.29, 0.717) is 0 Å². The summed E-state index contributed by atoms with van der Waals surface area (Å²) in [5.74, 6) is 0. The van der Waals surface area contributed by atoms with Crippen LogP contribution in [-0.4, -0.2) is 16.5 Å². The van der Waals surface area contributed by atoms with Crippen molar-refractivity contribution in [3.05, 3.63) is 48.4 Å². The first-order chi connectivity index (χ1) is 7.43. The fourth-order valence-corrected chi connectivity index (χ4v) is 1.75. The summed E-state index contributed by atoms with van der Waals surface area (Å²) in [5, 5.41) is 4.34. The number of hydrogen-bond donors (Lipinski definition) is 2. The summed E-state index contributed by atoms with van der Waals surface area (Å²) in [6.45, 7) is 0.906. The maximum atomic E-state index is 4.36. The highest BCUT2D eigenvalue weighted by molar-refractivity contribution is 5.83. The van der Waals surface area contributed by atoms with Crippen molar-refractivity contribution < 1.29 is 0 Å². The fourth-order valence-electron chi connectivity index (χ4n) is 1.75. The van der Waals surface area contributed by atoms with Crippen molar-refractivity contribution >= 4 is 16.6 Å². The highest BCUT2D eigenvalue weighted by Crippen LogP contribution is 2.19. The summed E-state index contributed by atoms with van der Waals surface area (Å²) < 4.78 is 0. The van der Waals surface area contributed by atoms with Gasteiger partial charge in [-0.3, -0.25) is 0 Å². The number of H-pyrrole nitrogens is 1. The molecule has 1 aliphatic rings. The standard InChI is InChI=1S/C12H11N3/c1-2-10(7-13-4-1)11-6-9-3-5-14-12(9)15-8-11/h1-3,5-8,13H,4H2,(H,14,15). The smallest absolute Gasteiger partial charge is 0.137 e. The van der Waals surface area contributed by atoms with Gasteiger partial charge in [0, 0.05) is 36.1 Å². The molecule has 0 atom stereocenters. The highest BCUT2D eigenvalue weighted by Gasteiger charge is 2.03. The van der Waals surface area contributed by atoms with Crippen LogP contribution in [-0.2, 0) is 0 Å². The van der Waals surface area contributed by atoms with Crippen LogP contribution in [0.5, 0.6) is 0 Å². The van der Waals surface area contributed by atoms with Gasteiger partial charge >= 0.3 is 0 Å². The van der Waals surface area contributed by atoms with Crippen molar-refractivity contribution in [3.63, 3.8) is 0 Å². The minimum atomic E-state index is 0.906. The van der Waals surface area contributed by atoms with E-state index in [2.05, 4.69) is 33.5 Å². The molecule has 3 heteroatoms.